The first-order chi connectivity index (χ1) is 10.5. The Labute approximate surface area is 138 Å². The van der Waals surface area contributed by atoms with Crippen LogP contribution in [0.3, 0.4) is 0 Å². The number of halogens is 2. The molecule has 2 aromatic heterocycles. The van der Waals surface area contributed by atoms with Crippen molar-refractivity contribution in [3.8, 4) is 21.1 Å². The number of rotatable bonds is 4. The topological polar surface area (TPSA) is 50.2 Å². The minimum atomic E-state index is -0.918. The lowest BCUT2D eigenvalue weighted by Gasteiger charge is -1.95. The Bertz CT molecular complexity index is 826. The SMILES string of the molecule is O=C(O)Cc1sc(-c2ccc(F)cc2)nc1-c1ccc(Cl)s1. The molecule has 0 saturated carbocycles. The van der Waals surface area contributed by atoms with E-state index in [1.807, 2.05) is 6.07 Å². The third-order valence-corrected chi connectivity index (χ3v) is 5.25. The number of aliphatic carboxylic acids is 1. The Hall–Kier alpha value is -1.76. The van der Waals surface area contributed by atoms with E-state index in [9.17, 15) is 9.18 Å². The van der Waals surface area contributed by atoms with E-state index in [4.69, 9.17) is 16.7 Å². The summed E-state index contributed by atoms with van der Waals surface area (Å²) in [6, 6.07) is 9.54. The zero-order valence-electron chi connectivity index (χ0n) is 11.0. The van der Waals surface area contributed by atoms with Gasteiger partial charge in [-0.15, -0.1) is 22.7 Å². The molecule has 0 unspecified atom stereocenters. The van der Waals surface area contributed by atoms with Gasteiger partial charge in [0.15, 0.2) is 0 Å². The van der Waals surface area contributed by atoms with Gasteiger partial charge < -0.3 is 5.11 Å². The monoisotopic (exact) mass is 353 g/mol. The molecule has 1 aromatic carbocycles. The van der Waals surface area contributed by atoms with Crippen LogP contribution in [0.15, 0.2) is 36.4 Å². The molecule has 1 N–H and O–H groups in total. The van der Waals surface area contributed by atoms with Crippen molar-refractivity contribution in [2.24, 2.45) is 0 Å². The minimum Gasteiger partial charge on any atom is -0.481 e. The van der Waals surface area contributed by atoms with Gasteiger partial charge in [0.25, 0.3) is 0 Å². The van der Waals surface area contributed by atoms with Gasteiger partial charge in [0, 0.05) is 10.4 Å². The van der Waals surface area contributed by atoms with E-state index in [0.717, 1.165) is 10.4 Å². The molecule has 7 heteroatoms. The highest BCUT2D eigenvalue weighted by Gasteiger charge is 2.18. The molecule has 3 aromatic rings. The van der Waals surface area contributed by atoms with Gasteiger partial charge >= 0.3 is 5.97 Å². The van der Waals surface area contributed by atoms with Gasteiger partial charge in [-0.25, -0.2) is 9.37 Å². The van der Waals surface area contributed by atoms with Crippen molar-refractivity contribution in [2.75, 3.05) is 0 Å². The number of nitrogens with zero attached hydrogens (tertiary/aromatic N) is 1. The molecule has 0 spiro atoms. The van der Waals surface area contributed by atoms with E-state index in [1.165, 1.54) is 34.8 Å². The Morgan fingerprint density at radius 3 is 2.50 bits per heavy atom. The van der Waals surface area contributed by atoms with Crippen molar-refractivity contribution in [1.29, 1.82) is 0 Å². The number of thiophene rings is 1. The summed E-state index contributed by atoms with van der Waals surface area (Å²) in [6.45, 7) is 0. The van der Waals surface area contributed by atoms with Gasteiger partial charge in [0.1, 0.15) is 10.8 Å². The number of thiazole rings is 1. The van der Waals surface area contributed by atoms with Crippen LogP contribution in [0.4, 0.5) is 4.39 Å². The first-order valence-corrected chi connectivity index (χ1v) is 8.27. The number of hydrogen-bond acceptors (Lipinski definition) is 4. The molecule has 0 bridgehead atoms. The molecule has 0 aliphatic rings. The van der Waals surface area contributed by atoms with Crippen LogP contribution in [0.5, 0.6) is 0 Å². The summed E-state index contributed by atoms with van der Waals surface area (Å²) in [4.78, 5) is 17.1. The highest BCUT2D eigenvalue weighted by Crippen LogP contribution is 2.38. The average molecular weight is 354 g/mol. The molecular weight excluding hydrogens is 345 g/mol. The second-order valence-electron chi connectivity index (χ2n) is 4.47. The fourth-order valence-electron chi connectivity index (χ4n) is 1.96. The molecule has 0 saturated heterocycles. The second kappa shape index (κ2) is 6.16. The van der Waals surface area contributed by atoms with Crippen LogP contribution in [0.25, 0.3) is 21.1 Å². The van der Waals surface area contributed by atoms with E-state index in [2.05, 4.69) is 4.98 Å². The summed E-state index contributed by atoms with van der Waals surface area (Å²) in [5.41, 5.74) is 1.38. The smallest absolute Gasteiger partial charge is 0.308 e. The largest absolute Gasteiger partial charge is 0.481 e. The number of carbonyl (C=O) groups is 1. The summed E-state index contributed by atoms with van der Waals surface area (Å²) in [5.74, 6) is -1.24. The summed E-state index contributed by atoms with van der Waals surface area (Å²) in [6.07, 6.45) is -0.107. The van der Waals surface area contributed by atoms with Crippen molar-refractivity contribution in [2.45, 2.75) is 6.42 Å². The highest BCUT2D eigenvalue weighted by molar-refractivity contribution is 7.20. The summed E-state index contributed by atoms with van der Waals surface area (Å²) >= 11 is 8.60. The number of benzene rings is 1. The zero-order valence-corrected chi connectivity index (χ0v) is 13.4. The molecule has 0 fully saturated rings. The van der Waals surface area contributed by atoms with E-state index in [1.54, 1.807) is 18.2 Å². The maximum Gasteiger partial charge on any atom is 0.308 e. The molecule has 0 aliphatic heterocycles. The molecule has 3 rings (SSSR count). The van der Waals surface area contributed by atoms with E-state index in [-0.39, 0.29) is 12.2 Å². The Kier molecular flexibility index (Phi) is 4.24. The van der Waals surface area contributed by atoms with Gasteiger partial charge in [-0.3, -0.25) is 4.79 Å². The summed E-state index contributed by atoms with van der Waals surface area (Å²) in [5, 5.41) is 9.73. The van der Waals surface area contributed by atoms with Crippen LogP contribution in [0.2, 0.25) is 4.34 Å². The fourth-order valence-corrected chi connectivity index (χ4v) is 4.16. The Balaban J connectivity index is 2.07. The Morgan fingerprint density at radius 1 is 1.18 bits per heavy atom. The van der Waals surface area contributed by atoms with Crippen LogP contribution in [0.1, 0.15) is 4.88 Å². The molecule has 2 heterocycles. The average Bonchev–Trinajstić information content (AvgIpc) is 3.05. The number of carboxylic acids is 1. The van der Waals surface area contributed by atoms with Crippen LogP contribution in [-0.2, 0) is 11.2 Å². The molecule has 0 aliphatic carbocycles. The lowest BCUT2D eigenvalue weighted by Crippen LogP contribution is -1.98. The van der Waals surface area contributed by atoms with Gasteiger partial charge in [0.2, 0.25) is 0 Å². The third-order valence-electron chi connectivity index (χ3n) is 2.91. The number of hydrogen-bond donors (Lipinski definition) is 1. The van der Waals surface area contributed by atoms with E-state index >= 15 is 0 Å². The second-order valence-corrected chi connectivity index (χ2v) is 7.27. The number of aromatic nitrogens is 1. The van der Waals surface area contributed by atoms with E-state index in [0.29, 0.717) is 19.9 Å². The maximum atomic E-state index is 13.0. The molecule has 0 atom stereocenters. The van der Waals surface area contributed by atoms with Crippen LogP contribution >= 0.6 is 34.3 Å². The molecular formula is C15H9ClFNO2S2. The predicted octanol–water partition coefficient (Wildman–Crippen LogP) is 4.96. The summed E-state index contributed by atoms with van der Waals surface area (Å²) in [7, 11) is 0. The molecule has 0 radical (unpaired) electrons. The fraction of sp³-hybridized carbons (Fsp3) is 0.0667. The van der Waals surface area contributed by atoms with Crippen LogP contribution < -0.4 is 0 Å². The Morgan fingerprint density at radius 2 is 1.91 bits per heavy atom. The summed E-state index contributed by atoms with van der Waals surface area (Å²) < 4.78 is 13.6. The lowest BCUT2D eigenvalue weighted by atomic mass is 10.2. The normalized spacial score (nSPS) is 10.8. The van der Waals surface area contributed by atoms with Gasteiger partial charge in [-0.05, 0) is 36.4 Å². The van der Waals surface area contributed by atoms with Crippen molar-refractivity contribution >= 4 is 40.2 Å². The zero-order chi connectivity index (χ0) is 15.7. The van der Waals surface area contributed by atoms with Gasteiger partial charge in [0.05, 0.1) is 21.3 Å². The van der Waals surface area contributed by atoms with Crippen molar-refractivity contribution in [3.63, 3.8) is 0 Å². The number of carboxylic acid groups (broad SMARTS) is 1. The maximum absolute atomic E-state index is 13.0. The first-order valence-electron chi connectivity index (χ1n) is 6.26. The molecule has 22 heavy (non-hydrogen) atoms. The molecule has 112 valence electrons. The highest BCUT2D eigenvalue weighted by atomic mass is 35.5. The first kappa shape index (κ1) is 15.1. The molecule has 0 amide bonds. The van der Waals surface area contributed by atoms with Crippen LogP contribution in [-0.4, -0.2) is 16.1 Å². The van der Waals surface area contributed by atoms with Crippen molar-refractivity contribution in [3.05, 3.63) is 51.4 Å². The molecule has 3 nitrogen and oxygen atoms in total. The third kappa shape index (κ3) is 3.19. The lowest BCUT2D eigenvalue weighted by molar-refractivity contribution is -0.136. The van der Waals surface area contributed by atoms with Gasteiger partial charge in [-0.2, -0.15) is 0 Å². The predicted molar refractivity (Wildman–Crippen MR) is 87.2 cm³/mol. The van der Waals surface area contributed by atoms with Crippen LogP contribution in [0, 0.1) is 5.82 Å². The van der Waals surface area contributed by atoms with Gasteiger partial charge in [-0.1, -0.05) is 11.6 Å². The van der Waals surface area contributed by atoms with E-state index < -0.39 is 5.97 Å². The quantitative estimate of drug-likeness (QED) is 0.721. The standard InChI is InChI=1S/C15H9ClFNO2S2/c16-12-6-5-10(21-12)14-11(7-13(19)20)22-15(18-14)8-1-3-9(17)4-2-8/h1-6H,7H2,(H,19,20). The minimum absolute atomic E-state index is 0.107. The van der Waals surface area contributed by atoms with Crippen molar-refractivity contribution in [1.82, 2.24) is 4.98 Å². The van der Waals surface area contributed by atoms with Crippen molar-refractivity contribution < 1.29 is 14.3 Å².